The van der Waals surface area contributed by atoms with Crippen LogP contribution in [0.1, 0.15) is 55.6 Å². The lowest BCUT2D eigenvalue weighted by Gasteiger charge is -2.32. The molecule has 0 spiro atoms. The summed E-state index contributed by atoms with van der Waals surface area (Å²) in [5.74, 6) is 3.76. The molecular formula is C24H30N4O. The Morgan fingerprint density at radius 2 is 1.97 bits per heavy atom. The summed E-state index contributed by atoms with van der Waals surface area (Å²) in [6.07, 6.45) is 6.27. The molecule has 4 rings (SSSR count). The van der Waals surface area contributed by atoms with E-state index < -0.39 is 0 Å². The first-order chi connectivity index (χ1) is 14.1. The third-order valence-corrected chi connectivity index (χ3v) is 5.68. The van der Waals surface area contributed by atoms with E-state index in [1.807, 2.05) is 24.5 Å². The van der Waals surface area contributed by atoms with E-state index in [0.717, 1.165) is 37.0 Å². The Labute approximate surface area is 173 Å². The summed E-state index contributed by atoms with van der Waals surface area (Å²) in [6.45, 7) is 7.49. The van der Waals surface area contributed by atoms with Crippen LogP contribution in [0.5, 0.6) is 5.75 Å². The molecule has 1 aromatic carbocycles. The minimum Gasteiger partial charge on any atom is -0.497 e. The van der Waals surface area contributed by atoms with Crippen LogP contribution < -0.4 is 4.74 Å². The molecule has 0 radical (unpaired) electrons. The molecular weight excluding hydrogens is 360 g/mol. The zero-order valence-corrected chi connectivity index (χ0v) is 17.6. The highest BCUT2D eigenvalue weighted by Gasteiger charge is 2.23. The van der Waals surface area contributed by atoms with Gasteiger partial charge in [0.25, 0.3) is 0 Å². The molecule has 3 aromatic rings. The SMILES string of the molecule is COc1ccc(CN2CCC[C@H](c3cccc(-n4ccnc4C(C)C)n3)C2)cc1. The van der Waals surface area contributed by atoms with Crippen molar-refractivity contribution < 1.29 is 4.74 Å². The Bertz CT molecular complexity index is 932. The van der Waals surface area contributed by atoms with Crippen molar-refractivity contribution in [1.82, 2.24) is 19.4 Å². The van der Waals surface area contributed by atoms with Crippen LogP contribution in [0.3, 0.4) is 0 Å². The standard InChI is InChI=1S/C24H30N4O/c1-18(2)24-25-13-15-28(24)23-8-4-7-22(26-23)20-6-5-14-27(17-20)16-19-9-11-21(29-3)12-10-19/h4,7-13,15,18,20H,5-6,14,16-17H2,1-3H3/t20-/m0/s1. The minimum absolute atomic E-state index is 0.366. The molecule has 1 aliphatic rings. The van der Waals surface area contributed by atoms with Crippen LogP contribution >= 0.6 is 0 Å². The van der Waals surface area contributed by atoms with Gasteiger partial charge in [0.05, 0.1) is 7.11 Å². The second-order valence-electron chi connectivity index (χ2n) is 8.15. The van der Waals surface area contributed by atoms with E-state index in [0.29, 0.717) is 11.8 Å². The molecule has 1 atom stereocenters. The van der Waals surface area contributed by atoms with Gasteiger partial charge in [-0.1, -0.05) is 32.0 Å². The molecule has 0 N–H and O–H groups in total. The highest BCUT2D eigenvalue weighted by atomic mass is 16.5. The second kappa shape index (κ2) is 8.78. The zero-order chi connectivity index (χ0) is 20.2. The quantitative estimate of drug-likeness (QED) is 0.608. The maximum absolute atomic E-state index is 5.27. The van der Waals surface area contributed by atoms with E-state index in [1.165, 1.54) is 24.1 Å². The number of rotatable bonds is 6. The first kappa shape index (κ1) is 19.6. The molecule has 5 nitrogen and oxygen atoms in total. The van der Waals surface area contributed by atoms with Gasteiger partial charge in [-0.3, -0.25) is 9.47 Å². The number of aromatic nitrogens is 3. The lowest BCUT2D eigenvalue weighted by atomic mass is 9.94. The Hall–Kier alpha value is -2.66. The molecule has 0 bridgehead atoms. The van der Waals surface area contributed by atoms with Crippen LogP contribution in [0.2, 0.25) is 0 Å². The predicted octanol–water partition coefficient (Wildman–Crippen LogP) is 4.78. The number of hydrogen-bond acceptors (Lipinski definition) is 4. The van der Waals surface area contributed by atoms with E-state index >= 15 is 0 Å². The Morgan fingerprint density at radius 1 is 1.14 bits per heavy atom. The average molecular weight is 391 g/mol. The van der Waals surface area contributed by atoms with Crippen LogP contribution in [0.4, 0.5) is 0 Å². The normalized spacial score (nSPS) is 17.6. The molecule has 5 heteroatoms. The van der Waals surface area contributed by atoms with Crippen LogP contribution in [-0.4, -0.2) is 39.6 Å². The Balaban J connectivity index is 1.48. The first-order valence-electron chi connectivity index (χ1n) is 10.5. The molecule has 1 saturated heterocycles. The summed E-state index contributed by atoms with van der Waals surface area (Å²) in [5.41, 5.74) is 2.51. The van der Waals surface area contributed by atoms with Crippen LogP contribution in [0.15, 0.2) is 54.9 Å². The molecule has 2 aromatic heterocycles. The molecule has 1 fully saturated rings. The van der Waals surface area contributed by atoms with Crippen molar-refractivity contribution in [3.63, 3.8) is 0 Å². The molecule has 29 heavy (non-hydrogen) atoms. The second-order valence-corrected chi connectivity index (χ2v) is 8.15. The molecule has 0 aliphatic carbocycles. The van der Waals surface area contributed by atoms with E-state index in [4.69, 9.17) is 9.72 Å². The van der Waals surface area contributed by atoms with Crippen LogP contribution in [0, 0.1) is 0 Å². The number of nitrogens with zero attached hydrogens (tertiary/aromatic N) is 4. The minimum atomic E-state index is 0.366. The largest absolute Gasteiger partial charge is 0.497 e. The molecule has 0 unspecified atom stereocenters. The van der Waals surface area contributed by atoms with Crippen molar-refractivity contribution >= 4 is 0 Å². The third-order valence-electron chi connectivity index (χ3n) is 5.68. The third kappa shape index (κ3) is 4.51. The van der Waals surface area contributed by atoms with E-state index in [-0.39, 0.29) is 0 Å². The van der Waals surface area contributed by atoms with Crippen molar-refractivity contribution in [1.29, 1.82) is 0 Å². The molecule has 152 valence electrons. The fraction of sp³-hybridized carbons (Fsp3) is 0.417. The lowest BCUT2D eigenvalue weighted by Crippen LogP contribution is -2.34. The number of likely N-dealkylation sites (tertiary alicyclic amines) is 1. The van der Waals surface area contributed by atoms with Gasteiger partial charge in [-0.2, -0.15) is 0 Å². The maximum atomic E-state index is 5.27. The van der Waals surface area contributed by atoms with Gasteiger partial charge < -0.3 is 4.74 Å². The Kier molecular flexibility index (Phi) is 5.95. The van der Waals surface area contributed by atoms with Crippen molar-refractivity contribution in [2.24, 2.45) is 0 Å². The number of pyridine rings is 1. The summed E-state index contributed by atoms with van der Waals surface area (Å²) in [7, 11) is 1.71. The number of piperidine rings is 1. The molecule has 3 heterocycles. The number of benzene rings is 1. The van der Waals surface area contributed by atoms with Gasteiger partial charge in [0.2, 0.25) is 0 Å². The topological polar surface area (TPSA) is 43.2 Å². The van der Waals surface area contributed by atoms with Crippen molar-refractivity contribution in [2.75, 3.05) is 20.2 Å². The van der Waals surface area contributed by atoms with E-state index in [9.17, 15) is 0 Å². The number of imidazole rings is 1. The number of ether oxygens (including phenoxy) is 1. The molecule has 1 aliphatic heterocycles. The fourth-order valence-corrected chi connectivity index (χ4v) is 4.17. The summed E-state index contributed by atoms with van der Waals surface area (Å²) in [4.78, 5) is 12.1. The van der Waals surface area contributed by atoms with E-state index in [1.54, 1.807) is 7.11 Å². The smallest absolute Gasteiger partial charge is 0.138 e. The van der Waals surface area contributed by atoms with Gasteiger partial charge in [0.1, 0.15) is 17.4 Å². The molecule has 0 amide bonds. The van der Waals surface area contributed by atoms with Gasteiger partial charge in [-0.15, -0.1) is 0 Å². The highest BCUT2D eigenvalue weighted by Crippen LogP contribution is 2.28. The number of hydrogen-bond donors (Lipinski definition) is 0. The van der Waals surface area contributed by atoms with Crippen molar-refractivity contribution in [2.45, 2.75) is 45.1 Å². The van der Waals surface area contributed by atoms with Crippen molar-refractivity contribution in [3.8, 4) is 11.6 Å². The van der Waals surface area contributed by atoms with Gasteiger partial charge >= 0.3 is 0 Å². The van der Waals surface area contributed by atoms with Crippen LogP contribution in [-0.2, 0) is 6.54 Å². The fourth-order valence-electron chi connectivity index (χ4n) is 4.17. The average Bonchev–Trinajstić information content (AvgIpc) is 3.25. The first-order valence-corrected chi connectivity index (χ1v) is 10.5. The Morgan fingerprint density at radius 3 is 2.72 bits per heavy atom. The monoisotopic (exact) mass is 390 g/mol. The van der Waals surface area contributed by atoms with Crippen molar-refractivity contribution in [3.05, 3.63) is 71.9 Å². The van der Waals surface area contributed by atoms with Gasteiger partial charge in [0.15, 0.2) is 0 Å². The van der Waals surface area contributed by atoms with Gasteiger partial charge in [-0.05, 0) is 49.2 Å². The lowest BCUT2D eigenvalue weighted by molar-refractivity contribution is 0.198. The van der Waals surface area contributed by atoms with Gasteiger partial charge in [-0.25, -0.2) is 9.97 Å². The number of methoxy groups -OCH3 is 1. The van der Waals surface area contributed by atoms with Crippen LogP contribution in [0.25, 0.3) is 5.82 Å². The highest BCUT2D eigenvalue weighted by molar-refractivity contribution is 5.29. The van der Waals surface area contributed by atoms with Gasteiger partial charge in [0, 0.05) is 43.0 Å². The summed E-state index contributed by atoms with van der Waals surface area (Å²) < 4.78 is 7.39. The predicted molar refractivity (Wildman–Crippen MR) is 116 cm³/mol. The van der Waals surface area contributed by atoms with E-state index in [2.05, 4.69) is 58.6 Å². The zero-order valence-electron chi connectivity index (χ0n) is 17.6. The molecule has 0 saturated carbocycles. The summed E-state index contributed by atoms with van der Waals surface area (Å²) in [5, 5.41) is 0. The summed E-state index contributed by atoms with van der Waals surface area (Å²) in [6, 6.07) is 14.8. The maximum Gasteiger partial charge on any atom is 0.138 e. The summed E-state index contributed by atoms with van der Waals surface area (Å²) >= 11 is 0.